The third kappa shape index (κ3) is 3.12. The Balaban J connectivity index is 1.91. The number of amides is 1. The topological polar surface area (TPSA) is 63.7 Å². The summed E-state index contributed by atoms with van der Waals surface area (Å²) in [5.41, 5.74) is 0.871. The van der Waals surface area contributed by atoms with E-state index in [1.165, 1.54) is 0 Å². The number of ether oxygens (including phenoxy) is 1. The minimum Gasteiger partial charge on any atom is -0.497 e. The summed E-state index contributed by atoms with van der Waals surface area (Å²) in [5.74, 6) is 0.807. The van der Waals surface area contributed by atoms with Crippen LogP contribution in [0.1, 0.15) is 12.5 Å². The number of likely N-dealkylation sites (tertiary alicyclic amines) is 1. The van der Waals surface area contributed by atoms with Crippen LogP contribution in [0.4, 0.5) is 0 Å². The van der Waals surface area contributed by atoms with Crippen LogP contribution in [0.25, 0.3) is 0 Å². The van der Waals surface area contributed by atoms with Gasteiger partial charge in [-0.15, -0.1) is 0 Å². The Morgan fingerprint density at radius 3 is 2.70 bits per heavy atom. The van der Waals surface area contributed by atoms with Gasteiger partial charge in [0.2, 0.25) is 5.91 Å². The predicted molar refractivity (Wildman–Crippen MR) is 76.5 cm³/mol. The number of sulfone groups is 1. The van der Waals surface area contributed by atoms with E-state index in [1.54, 1.807) is 18.9 Å². The number of nitrogens with zero attached hydrogens (tertiary/aromatic N) is 1. The number of carbonyl (C=O) groups is 1. The smallest absolute Gasteiger partial charge is 0.227 e. The number of rotatable bonds is 5. The van der Waals surface area contributed by atoms with Crippen molar-refractivity contribution < 1.29 is 17.9 Å². The van der Waals surface area contributed by atoms with E-state index >= 15 is 0 Å². The van der Waals surface area contributed by atoms with Crippen LogP contribution < -0.4 is 4.74 Å². The molecule has 6 heteroatoms. The van der Waals surface area contributed by atoms with Gasteiger partial charge in [0, 0.05) is 18.8 Å². The first-order valence-corrected chi connectivity index (χ1v) is 8.30. The zero-order valence-electron chi connectivity index (χ0n) is 11.7. The number of carbonyl (C=O) groups excluding carboxylic acids is 1. The van der Waals surface area contributed by atoms with Gasteiger partial charge in [-0.2, -0.15) is 0 Å². The molecule has 0 N–H and O–H groups in total. The molecule has 0 atom stereocenters. The fourth-order valence-electron chi connectivity index (χ4n) is 2.17. The summed E-state index contributed by atoms with van der Waals surface area (Å²) >= 11 is 0. The van der Waals surface area contributed by atoms with Crippen LogP contribution in [-0.2, 0) is 21.1 Å². The fourth-order valence-corrected chi connectivity index (χ4v) is 3.46. The molecule has 0 spiro atoms. The molecule has 0 unspecified atom stereocenters. The Bertz CT molecular complexity index is 591. The highest BCUT2D eigenvalue weighted by Crippen LogP contribution is 2.19. The van der Waals surface area contributed by atoms with Crippen molar-refractivity contribution in [2.75, 3.05) is 26.0 Å². The van der Waals surface area contributed by atoms with Gasteiger partial charge in [0.25, 0.3) is 0 Å². The van der Waals surface area contributed by atoms with Crippen molar-refractivity contribution in [3.05, 3.63) is 29.8 Å². The van der Waals surface area contributed by atoms with E-state index in [0.717, 1.165) is 5.56 Å². The molecule has 2 rings (SSSR count). The van der Waals surface area contributed by atoms with Crippen molar-refractivity contribution in [2.24, 2.45) is 0 Å². The van der Waals surface area contributed by atoms with Crippen LogP contribution in [0.15, 0.2) is 24.3 Å². The second-order valence-corrected chi connectivity index (χ2v) is 7.47. The van der Waals surface area contributed by atoms with Crippen molar-refractivity contribution in [2.45, 2.75) is 18.6 Å². The number of benzene rings is 1. The first kappa shape index (κ1) is 14.8. The highest BCUT2D eigenvalue weighted by Gasteiger charge is 2.38. The molecular formula is C14H19NO4S. The molecule has 5 nitrogen and oxygen atoms in total. The van der Waals surface area contributed by atoms with Gasteiger partial charge in [-0.1, -0.05) is 19.1 Å². The van der Waals surface area contributed by atoms with Crippen molar-refractivity contribution >= 4 is 15.7 Å². The second kappa shape index (κ2) is 5.83. The third-order valence-corrected chi connectivity index (χ3v) is 5.72. The third-order valence-electron chi connectivity index (χ3n) is 3.60. The summed E-state index contributed by atoms with van der Waals surface area (Å²) < 4.78 is 28.4. The Morgan fingerprint density at radius 2 is 2.10 bits per heavy atom. The maximum Gasteiger partial charge on any atom is 0.227 e. The van der Waals surface area contributed by atoms with Gasteiger partial charge in [0.15, 0.2) is 9.84 Å². The summed E-state index contributed by atoms with van der Waals surface area (Å²) in [6.07, 6.45) is 0.274. The van der Waals surface area contributed by atoms with E-state index in [2.05, 4.69) is 0 Å². The quantitative estimate of drug-likeness (QED) is 0.809. The van der Waals surface area contributed by atoms with Crippen LogP contribution in [0.3, 0.4) is 0 Å². The van der Waals surface area contributed by atoms with Gasteiger partial charge in [-0.05, 0) is 17.7 Å². The highest BCUT2D eigenvalue weighted by molar-refractivity contribution is 7.92. The van der Waals surface area contributed by atoms with Gasteiger partial charge in [0.05, 0.1) is 18.8 Å². The maximum absolute atomic E-state index is 12.0. The lowest BCUT2D eigenvalue weighted by atomic mass is 10.1. The monoisotopic (exact) mass is 297 g/mol. The molecule has 1 aromatic rings. The van der Waals surface area contributed by atoms with Crippen LogP contribution in [0, 0.1) is 0 Å². The lowest BCUT2D eigenvalue weighted by Gasteiger charge is -2.38. The molecule has 1 heterocycles. The second-order valence-electron chi connectivity index (χ2n) is 4.90. The molecule has 1 fully saturated rings. The molecule has 1 saturated heterocycles. The van der Waals surface area contributed by atoms with Crippen LogP contribution in [0.5, 0.6) is 5.75 Å². The van der Waals surface area contributed by atoms with Gasteiger partial charge in [-0.3, -0.25) is 4.79 Å². The van der Waals surface area contributed by atoms with Gasteiger partial charge < -0.3 is 9.64 Å². The molecule has 0 aromatic heterocycles. The highest BCUT2D eigenvalue weighted by atomic mass is 32.2. The van der Waals surface area contributed by atoms with Crippen LogP contribution in [-0.4, -0.2) is 50.4 Å². The van der Waals surface area contributed by atoms with Crippen molar-refractivity contribution in [1.82, 2.24) is 4.90 Å². The molecule has 0 aliphatic carbocycles. The summed E-state index contributed by atoms with van der Waals surface area (Å²) in [6, 6.07) is 7.34. The van der Waals surface area contributed by atoms with Crippen LogP contribution >= 0.6 is 0 Å². The standard InChI is InChI=1S/C14H19NO4S/c1-3-20(17,18)13-9-15(10-13)14(16)8-11-5-4-6-12(7-11)19-2/h4-7,13H,3,8-10H2,1-2H3. The van der Waals surface area contributed by atoms with Gasteiger partial charge in [0.1, 0.15) is 5.75 Å². The average Bonchev–Trinajstić information content (AvgIpc) is 2.36. The normalized spacial score (nSPS) is 15.8. The zero-order chi connectivity index (χ0) is 14.8. The number of methoxy groups -OCH3 is 1. The maximum atomic E-state index is 12.0. The molecule has 1 aliphatic rings. The molecule has 0 bridgehead atoms. The van der Waals surface area contributed by atoms with E-state index in [-0.39, 0.29) is 23.3 Å². The molecule has 1 aliphatic heterocycles. The van der Waals surface area contributed by atoms with Gasteiger partial charge in [-0.25, -0.2) is 8.42 Å². The average molecular weight is 297 g/mol. The van der Waals surface area contributed by atoms with E-state index in [0.29, 0.717) is 18.8 Å². The molecule has 110 valence electrons. The molecule has 1 amide bonds. The molecular weight excluding hydrogens is 278 g/mol. The lowest BCUT2D eigenvalue weighted by molar-refractivity contribution is -0.133. The first-order chi connectivity index (χ1) is 9.46. The van der Waals surface area contributed by atoms with Crippen molar-refractivity contribution in [1.29, 1.82) is 0 Å². The predicted octanol–water partition coefficient (Wildman–Crippen LogP) is 0.883. The fraction of sp³-hybridized carbons (Fsp3) is 0.500. The van der Waals surface area contributed by atoms with Crippen molar-refractivity contribution in [3.8, 4) is 5.75 Å². The van der Waals surface area contributed by atoms with E-state index in [1.807, 2.05) is 24.3 Å². The molecule has 0 radical (unpaired) electrons. The minimum atomic E-state index is -3.03. The summed E-state index contributed by atoms with van der Waals surface area (Å²) in [5, 5.41) is -0.387. The zero-order valence-corrected chi connectivity index (χ0v) is 12.5. The van der Waals surface area contributed by atoms with Gasteiger partial charge >= 0.3 is 0 Å². The Morgan fingerprint density at radius 1 is 1.40 bits per heavy atom. The van der Waals surface area contributed by atoms with E-state index in [4.69, 9.17) is 4.74 Å². The lowest BCUT2D eigenvalue weighted by Crippen LogP contribution is -2.57. The Kier molecular flexibility index (Phi) is 4.32. The first-order valence-electron chi connectivity index (χ1n) is 6.58. The molecule has 1 aromatic carbocycles. The molecule has 0 saturated carbocycles. The number of hydrogen-bond donors (Lipinski definition) is 0. The number of hydrogen-bond acceptors (Lipinski definition) is 4. The summed E-state index contributed by atoms with van der Waals surface area (Å²) in [4.78, 5) is 13.6. The molecule has 20 heavy (non-hydrogen) atoms. The Labute approximate surface area is 119 Å². The van der Waals surface area contributed by atoms with Crippen molar-refractivity contribution in [3.63, 3.8) is 0 Å². The summed E-state index contributed by atoms with van der Waals surface area (Å²) in [6.45, 7) is 2.27. The van der Waals surface area contributed by atoms with E-state index < -0.39 is 9.84 Å². The minimum absolute atomic E-state index is 0.0409. The Hall–Kier alpha value is -1.56. The van der Waals surface area contributed by atoms with Crippen LogP contribution in [0.2, 0.25) is 0 Å². The SMILES string of the molecule is CCS(=O)(=O)C1CN(C(=O)Cc2cccc(OC)c2)C1. The van der Waals surface area contributed by atoms with E-state index in [9.17, 15) is 13.2 Å². The summed E-state index contributed by atoms with van der Waals surface area (Å²) in [7, 11) is -1.45. The largest absolute Gasteiger partial charge is 0.497 e.